The van der Waals surface area contributed by atoms with Crippen molar-refractivity contribution in [2.45, 2.75) is 12.8 Å². The fourth-order valence-electron chi connectivity index (χ4n) is 0.586. The highest BCUT2D eigenvalue weighted by Gasteiger charge is 1.97. The van der Waals surface area contributed by atoms with Gasteiger partial charge in [-0.05, 0) is 15.7 Å². The maximum Gasteiger partial charge on any atom is 0.220 e. The van der Waals surface area contributed by atoms with E-state index in [4.69, 9.17) is 5.73 Å². The van der Waals surface area contributed by atoms with Crippen molar-refractivity contribution >= 4 is 15.1 Å². The Morgan fingerprint density at radius 3 is 2.80 bits per heavy atom. The van der Waals surface area contributed by atoms with E-state index in [-0.39, 0.29) is 5.91 Å². The van der Waals surface area contributed by atoms with Crippen LogP contribution in [0, 0.1) is 0 Å². The molecule has 3 N–H and O–H groups in total. The molecule has 0 spiro atoms. The molecule has 60 valence electrons. The molecule has 0 aromatic heterocycles. The van der Waals surface area contributed by atoms with Crippen molar-refractivity contribution in [1.82, 2.24) is 5.32 Å². The summed E-state index contributed by atoms with van der Waals surface area (Å²) in [5, 5.41) is 2.71. The molecular weight excluding hydrogens is 147 g/mol. The van der Waals surface area contributed by atoms with E-state index in [1.54, 1.807) is 0 Å². The zero-order chi connectivity index (χ0) is 7.82. The van der Waals surface area contributed by atoms with Gasteiger partial charge in [0.15, 0.2) is 0 Å². The second-order valence-corrected chi connectivity index (χ2v) is 2.80. The van der Waals surface area contributed by atoms with E-state index in [0.717, 1.165) is 12.6 Å². The Bertz CT molecular complexity index is 87.7. The third-order valence-electron chi connectivity index (χ3n) is 1.12. The normalized spacial score (nSPS) is 9.70. The summed E-state index contributed by atoms with van der Waals surface area (Å²) >= 11 is 0. The molecule has 0 aliphatic rings. The van der Waals surface area contributed by atoms with E-state index in [9.17, 15) is 4.79 Å². The summed E-state index contributed by atoms with van der Waals surface area (Å²) < 4.78 is 0. The molecular formula is C6H16N2OP+. The molecule has 1 atom stereocenters. The molecule has 0 radical (unpaired) electrons. The minimum Gasteiger partial charge on any atom is -0.355 e. The Balaban J connectivity index is 3.09. The Kier molecular flexibility index (Phi) is 6.88. The molecule has 1 unspecified atom stereocenters. The SMILES string of the molecule is NCCNC(=O)CCC[PH3+]. The molecule has 10 heavy (non-hydrogen) atoms. The van der Waals surface area contributed by atoms with Crippen molar-refractivity contribution in [3.8, 4) is 0 Å². The third kappa shape index (κ3) is 5.99. The number of nitrogens with one attached hydrogen (secondary N) is 1. The lowest BCUT2D eigenvalue weighted by molar-refractivity contribution is -0.121. The third-order valence-corrected chi connectivity index (χ3v) is 1.62. The molecule has 0 aliphatic carbocycles. The van der Waals surface area contributed by atoms with Crippen molar-refractivity contribution in [1.29, 1.82) is 0 Å². The summed E-state index contributed by atoms with van der Waals surface area (Å²) in [5.74, 6) is 0.122. The maximum absolute atomic E-state index is 10.8. The Morgan fingerprint density at radius 2 is 2.30 bits per heavy atom. The Hall–Kier alpha value is -0.140. The average Bonchev–Trinajstić information content (AvgIpc) is 1.97. The fourth-order valence-corrected chi connectivity index (χ4v) is 0.836. The number of amides is 1. The van der Waals surface area contributed by atoms with Crippen LogP contribution in [0.2, 0.25) is 0 Å². The lowest BCUT2D eigenvalue weighted by atomic mass is 10.3. The van der Waals surface area contributed by atoms with Crippen LogP contribution in [0.25, 0.3) is 0 Å². The van der Waals surface area contributed by atoms with Crippen molar-refractivity contribution in [3.63, 3.8) is 0 Å². The van der Waals surface area contributed by atoms with Crippen molar-refractivity contribution in [2.75, 3.05) is 19.3 Å². The zero-order valence-electron chi connectivity index (χ0n) is 6.23. The fraction of sp³-hybridized carbons (Fsp3) is 0.833. The van der Waals surface area contributed by atoms with Crippen LogP contribution in [0.15, 0.2) is 0 Å². The topological polar surface area (TPSA) is 55.1 Å². The molecule has 1 amide bonds. The van der Waals surface area contributed by atoms with Crippen LogP contribution in [0.1, 0.15) is 12.8 Å². The molecule has 0 bridgehead atoms. The molecule has 0 fully saturated rings. The van der Waals surface area contributed by atoms with Gasteiger partial charge in [0.25, 0.3) is 0 Å². The summed E-state index contributed by atoms with van der Waals surface area (Å²) in [6.07, 6.45) is 2.72. The van der Waals surface area contributed by atoms with Gasteiger partial charge in [0.2, 0.25) is 5.91 Å². The van der Waals surface area contributed by atoms with Gasteiger partial charge in [-0.25, -0.2) is 0 Å². The molecule has 0 heterocycles. The molecule has 0 aromatic carbocycles. The highest BCUT2D eigenvalue weighted by molar-refractivity contribution is 7.16. The summed E-state index contributed by atoms with van der Waals surface area (Å²) in [4.78, 5) is 10.8. The number of carbonyl (C=O) groups is 1. The van der Waals surface area contributed by atoms with Gasteiger partial charge in [-0.2, -0.15) is 0 Å². The number of nitrogens with two attached hydrogens (primary N) is 1. The summed E-state index contributed by atoms with van der Waals surface area (Å²) in [7, 11) is 1.89. The molecule has 4 heteroatoms. The number of rotatable bonds is 5. The van der Waals surface area contributed by atoms with Gasteiger partial charge in [0.1, 0.15) is 0 Å². The average molecular weight is 163 g/mol. The lowest BCUT2D eigenvalue weighted by Crippen LogP contribution is -2.28. The maximum atomic E-state index is 10.8. The molecule has 0 saturated heterocycles. The van der Waals surface area contributed by atoms with Crippen LogP contribution >= 0.6 is 9.24 Å². The first-order valence-corrected chi connectivity index (χ1v) is 4.57. The lowest BCUT2D eigenvalue weighted by Gasteiger charge is -1.99. The smallest absolute Gasteiger partial charge is 0.220 e. The van der Waals surface area contributed by atoms with Crippen LogP contribution in [0.4, 0.5) is 0 Å². The van der Waals surface area contributed by atoms with Crippen LogP contribution in [0.3, 0.4) is 0 Å². The second-order valence-electron chi connectivity index (χ2n) is 2.10. The highest BCUT2D eigenvalue weighted by Crippen LogP contribution is 1.92. The highest BCUT2D eigenvalue weighted by atomic mass is 31.0. The number of hydrogen-bond donors (Lipinski definition) is 2. The molecule has 0 aromatic rings. The molecule has 3 nitrogen and oxygen atoms in total. The second kappa shape index (κ2) is 6.97. The molecule has 0 saturated carbocycles. The summed E-state index contributed by atoms with van der Waals surface area (Å²) in [5.41, 5.74) is 5.19. The molecule has 0 rings (SSSR count). The van der Waals surface area contributed by atoms with Gasteiger partial charge < -0.3 is 11.1 Å². The van der Waals surface area contributed by atoms with Gasteiger partial charge in [0, 0.05) is 19.5 Å². The van der Waals surface area contributed by atoms with Crippen molar-refractivity contribution in [2.24, 2.45) is 5.73 Å². The van der Waals surface area contributed by atoms with Crippen molar-refractivity contribution < 1.29 is 4.79 Å². The van der Waals surface area contributed by atoms with Gasteiger partial charge in [-0.1, -0.05) is 0 Å². The van der Waals surface area contributed by atoms with Crippen LogP contribution in [-0.2, 0) is 4.79 Å². The monoisotopic (exact) mass is 163 g/mol. The quantitative estimate of drug-likeness (QED) is 0.534. The van der Waals surface area contributed by atoms with E-state index in [0.29, 0.717) is 19.5 Å². The van der Waals surface area contributed by atoms with E-state index in [1.165, 1.54) is 0 Å². The van der Waals surface area contributed by atoms with E-state index >= 15 is 0 Å². The van der Waals surface area contributed by atoms with Gasteiger partial charge in [0.05, 0.1) is 6.16 Å². The number of carbonyl (C=O) groups excluding carboxylic acids is 1. The van der Waals surface area contributed by atoms with Gasteiger partial charge >= 0.3 is 0 Å². The van der Waals surface area contributed by atoms with Crippen LogP contribution in [0.5, 0.6) is 0 Å². The van der Waals surface area contributed by atoms with Crippen LogP contribution in [-0.4, -0.2) is 25.2 Å². The Labute approximate surface area is 63.9 Å². The molecule has 0 aliphatic heterocycles. The summed E-state index contributed by atoms with van der Waals surface area (Å²) in [6.45, 7) is 1.13. The first kappa shape index (κ1) is 9.86. The Morgan fingerprint density at radius 1 is 1.60 bits per heavy atom. The predicted molar refractivity (Wildman–Crippen MR) is 47.3 cm³/mol. The van der Waals surface area contributed by atoms with E-state index in [1.807, 2.05) is 9.24 Å². The largest absolute Gasteiger partial charge is 0.355 e. The predicted octanol–water partition coefficient (Wildman–Crippen LogP) is -0.551. The minimum atomic E-state index is 0.122. The number of hydrogen-bond acceptors (Lipinski definition) is 2. The standard InChI is InChI=1S/C6H15N2OP/c7-3-4-8-6(9)2-1-5-10/h1-5,7,10H2,(H,8,9)/p+1. The zero-order valence-corrected chi connectivity index (χ0v) is 7.64. The van der Waals surface area contributed by atoms with E-state index < -0.39 is 0 Å². The van der Waals surface area contributed by atoms with Crippen molar-refractivity contribution in [3.05, 3.63) is 0 Å². The first-order chi connectivity index (χ1) is 4.81. The first-order valence-electron chi connectivity index (χ1n) is 3.57. The van der Waals surface area contributed by atoms with E-state index in [2.05, 4.69) is 5.32 Å². The van der Waals surface area contributed by atoms with Gasteiger partial charge in [-0.3, -0.25) is 4.79 Å². The minimum absolute atomic E-state index is 0.122. The van der Waals surface area contributed by atoms with Gasteiger partial charge in [-0.15, -0.1) is 0 Å². The summed E-state index contributed by atoms with van der Waals surface area (Å²) in [6, 6.07) is 0. The van der Waals surface area contributed by atoms with Crippen LogP contribution < -0.4 is 11.1 Å².